The van der Waals surface area contributed by atoms with Crippen LogP contribution in [0.2, 0.25) is 0 Å². The van der Waals surface area contributed by atoms with Crippen LogP contribution >= 0.6 is 0 Å². The molecule has 0 bridgehead atoms. The Balaban J connectivity index is 1.61. The van der Waals surface area contributed by atoms with E-state index in [1.54, 1.807) is 11.8 Å². The topological polar surface area (TPSA) is 87.7 Å². The number of carbonyl (C=O) groups excluding carboxylic acids is 1. The zero-order valence-electron chi connectivity index (χ0n) is 15.7. The standard InChI is InChI=1S/C20H25N3O4/c1-3-27-20(26)23-11-9-15(10-12-23)22-17-16(18(24)19(17)25)21-13(2)14-7-5-4-6-8-14/h4-8,13,15,21-22H,3,9-12H2,1-2H3. The van der Waals surface area contributed by atoms with Gasteiger partial charge in [-0.15, -0.1) is 0 Å². The van der Waals surface area contributed by atoms with E-state index in [0.29, 0.717) is 43.9 Å². The number of piperidine rings is 1. The molecule has 1 atom stereocenters. The summed E-state index contributed by atoms with van der Waals surface area (Å²) in [5.41, 5.74) is 0.788. The highest BCUT2D eigenvalue weighted by atomic mass is 16.6. The monoisotopic (exact) mass is 371 g/mol. The van der Waals surface area contributed by atoms with Gasteiger partial charge in [0.25, 0.3) is 10.9 Å². The van der Waals surface area contributed by atoms with Crippen LogP contribution in [-0.4, -0.2) is 36.7 Å². The van der Waals surface area contributed by atoms with Gasteiger partial charge in [0.2, 0.25) is 0 Å². The lowest BCUT2D eigenvalue weighted by molar-refractivity contribution is 0.0983. The molecule has 1 aliphatic heterocycles. The summed E-state index contributed by atoms with van der Waals surface area (Å²) in [6.45, 7) is 5.22. The molecule has 0 saturated carbocycles. The average Bonchev–Trinajstić information content (AvgIpc) is 2.71. The number of rotatable bonds is 6. The first kappa shape index (κ1) is 18.9. The zero-order chi connectivity index (χ0) is 19.4. The Kier molecular flexibility index (Phi) is 5.78. The van der Waals surface area contributed by atoms with E-state index in [0.717, 1.165) is 5.56 Å². The molecule has 1 aliphatic rings. The minimum absolute atomic E-state index is 0.0477. The van der Waals surface area contributed by atoms with Crippen molar-refractivity contribution >= 4 is 17.5 Å². The van der Waals surface area contributed by atoms with Gasteiger partial charge in [-0.05, 0) is 32.3 Å². The van der Waals surface area contributed by atoms with E-state index in [4.69, 9.17) is 4.74 Å². The van der Waals surface area contributed by atoms with Crippen LogP contribution in [0.1, 0.15) is 38.3 Å². The molecular formula is C20H25N3O4. The van der Waals surface area contributed by atoms with Crippen LogP contribution in [0.25, 0.3) is 0 Å². The van der Waals surface area contributed by atoms with Gasteiger partial charge in [0, 0.05) is 25.2 Å². The number of hydrogen-bond donors (Lipinski definition) is 2. The van der Waals surface area contributed by atoms with Gasteiger partial charge in [-0.25, -0.2) is 4.79 Å². The maximum Gasteiger partial charge on any atom is 0.409 e. The summed E-state index contributed by atoms with van der Waals surface area (Å²) in [6, 6.07) is 9.72. The number of likely N-dealkylation sites (tertiary alicyclic amines) is 1. The highest BCUT2D eigenvalue weighted by Crippen LogP contribution is 2.24. The maximum atomic E-state index is 12.0. The highest BCUT2D eigenvalue weighted by Gasteiger charge is 2.28. The van der Waals surface area contributed by atoms with Crippen LogP contribution in [0.3, 0.4) is 0 Å². The van der Waals surface area contributed by atoms with Crippen LogP contribution < -0.4 is 21.5 Å². The number of nitrogens with one attached hydrogen (secondary N) is 2. The molecule has 1 amide bonds. The number of benzene rings is 1. The molecular weight excluding hydrogens is 346 g/mol. The summed E-state index contributed by atoms with van der Waals surface area (Å²) in [4.78, 5) is 37.5. The lowest BCUT2D eigenvalue weighted by Crippen LogP contribution is -2.45. The minimum Gasteiger partial charge on any atom is -0.450 e. The average molecular weight is 371 g/mol. The summed E-state index contributed by atoms with van der Waals surface area (Å²) in [6.07, 6.45) is 1.10. The summed E-state index contributed by atoms with van der Waals surface area (Å²) < 4.78 is 5.01. The van der Waals surface area contributed by atoms with Crippen molar-refractivity contribution in [3.8, 4) is 0 Å². The Morgan fingerprint density at radius 1 is 1.15 bits per heavy atom. The molecule has 2 aromatic carbocycles. The third-order valence-corrected chi connectivity index (χ3v) is 4.94. The summed E-state index contributed by atoms with van der Waals surface area (Å²) >= 11 is 0. The number of ether oxygens (including phenoxy) is 1. The molecule has 27 heavy (non-hydrogen) atoms. The van der Waals surface area contributed by atoms with Crippen molar-refractivity contribution < 1.29 is 9.53 Å². The van der Waals surface area contributed by atoms with Crippen molar-refractivity contribution in [1.29, 1.82) is 0 Å². The molecule has 7 nitrogen and oxygen atoms in total. The number of nitrogens with zero attached hydrogens (tertiary/aromatic N) is 1. The molecule has 2 aromatic rings. The largest absolute Gasteiger partial charge is 0.450 e. The maximum absolute atomic E-state index is 12.0. The first-order chi connectivity index (χ1) is 13.0. The summed E-state index contributed by atoms with van der Waals surface area (Å²) in [7, 11) is 0. The van der Waals surface area contributed by atoms with E-state index in [2.05, 4.69) is 10.6 Å². The molecule has 1 fully saturated rings. The second-order valence-corrected chi connectivity index (χ2v) is 6.79. The first-order valence-electron chi connectivity index (χ1n) is 9.34. The van der Waals surface area contributed by atoms with E-state index in [1.165, 1.54) is 0 Å². The molecule has 144 valence electrons. The highest BCUT2D eigenvalue weighted by molar-refractivity contribution is 5.75. The third-order valence-electron chi connectivity index (χ3n) is 4.94. The van der Waals surface area contributed by atoms with Crippen molar-refractivity contribution in [2.24, 2.45) is 0 Å². The molecule has 0 radical (unpaired) electrons. The molecule has 0 aliphatic carbocycles. The third kappa shape index (κ3) is 4.13. The Bertz CT molecular complexity index is 850. The molecule has 1 saturated heterocycles. The van der Waals surface area contributed by atoms with E-state index in [-0.39, 0.29) is 18.2 Å². The van der Waals surface area contributed by atoms with Gasteiger partial charge in [0.1, 0.15) is 11.4 Å². The van der Waals surface area contributed by atoms with E-state index in [9.17, 15) is 14.4 Å². The molecule has 0 spiro atoms. The Hall–Kier alpha value is -2.83. The molecule has 3 rings (SSSR count). The van der Waals surface area contributed by atoms with Crippen LogP contribution in [0.5, 0.6) is 0 Å². The van der Waals surface area contributed by atoms with E-state index >= 15 is 0 Å². The van der Waals surface area contributed by atoms with Gasteiger partial charge in [-0.3, -0.25) is 9.59 Å². The predicted molar refractivity (Wildman–Crippen MR) is 105 cm³/mol. The van der Waals surface area contributed by atoms with Crippen molar-refractivity contribution in [3.63, 3.8) is 0 Å². The lowest BCUT2D eigenvalue weighted by atomic mass is 10.0. The molecule has 7 heteroatoms. The van der Waals surface area contributed by atoms with Gasteiger partial charge in [0.05, 0.1) is 6.61 Å². The van der Waals surface area contributed by atoms with Gasteiger partial charge in [-0.2, -0.15) is 0 Å². The van der Waals surface area contributed by atoms with E-state index in [1.807, 2.05) is 37.3 Å². The Morgan fingerprint density at radius 3 is 2.41 bits per heavy atom. The number of carbonyl (C=O) groups is 1. The fourth-order valence-corrected chi connectivity index (χ4v) is 3.33. The molecule has 1 unspecified atom stereocenters. The summed E-state index contributed by atoms with van der Waals surface area (Å²) in [5.74, 6) is 0. The SMILES string of the molecule is CCOC(=O)N1CCC(Nc2c(NC(C)c3ccccc3)c(=O)c2=O)CC1. The Labute approximate surface area is 158 Å². The smallest absolute Gasteiger partial charge is 0.409 e. The molecule has 2 N–H and O–H groups in total. The minimum atomic E-state index is -0.482. The van der Waals surface area contributed by atoms with Crippen molar-refractivity contribution in [2.45, 2.75) is 38.8 Å². The second-order valence-electron chi connectivity index (χ2n) is 6.79. The number of hydrogen-bond acceptors (Lipinski definition) is 6. The molecule has 0 aromatic heterocycles. The fraction of sp³-hybridized carbons (Fsp3) is 0.450. The van der Waals surface area contributed by atoms with Crippen LogP contribution in [0.15, 0.2) is 39.9 Å². The number of anilines is 2. The van der Waals surface area contributed by atoms with Crippen molar-refractivity contribution in [1.82, 2.24) is 4.90 Å². The van der Waals surface area contributed by atoms with Gasteiger partial charge in [0.15, 0.2) is 0 Å². The van der Waals surface area contributed by atoms with Crippen molar-refractivity contribution in [3.05, 3.63) is 56.3 Å². The number of amides is 1. The first-order valence-corrected chi connectivity index (χ1v) is 9.34. The fourth-order valence-electron chi connectivity index (χ4n) is 3.33. The van der Waals surface area contributed by atoms with Gasteiger partial charge >= 0.3 is 6.09 Å². The summed E-state index contributed by atoms with van der Waals surface area (Å²) in [5, 5.41) is 6.36. The van der Waals surface area contributed by atoms with Crippen LogP contribution in [0.4, 0.5) is 16.2 Å². The predicted octanol–water partition coefficient (Wildman–Crippen LogP) is 2.49. The zero-order valence-corrected chi connectivity index (χ0v) is 15.7. The Morgan fingerprint density at radius 2 is 1.78 bits per heavy atom. The quantitative estimate of drug-likeness (QED) is 0.759. The normalized spacial score (nSPS) is 16.1. The van der Waals surface area contributed by atoms with Gasteiger partial charge in [-0.1, -0.05) is 30.3 Å². The van der Waals surface area contributed by atoms with E-state index < -0.39 is 10.9 Å². The van der Waals surface area contributed by atoms with Gasteiger partial charge < -0.3 is 20.3 Å². The molecule has 1 heterocycles. The lowest BCUT2D eigenvalue weighted by Gasteiger charge is -2.32. The van der Waals surface area contributed by atoms with Crippen LogP contribution in [0, 0.1) is 0 Å². The second kappa shape index (κ2) is 8.24. The van der Waals surface area contributed by atoms with Crippen molar-refractivity contribution in [2.75, 3.05) is 30.3 Å². The van der Waals surface area contributed by atoms with Crippen LogP contribution in [-0.2, 0) is 4.74 Å².